The smallest absolute Gasteiger partial charge is 0.124 e. The monoisotopic (exact) mass is 340 g/mol. The fraction of sp³-hybridized carbons (Fsp3) is 0.429. The van der Waals surface area contributed by atoms with Crippen LogP contribution >= 0.6 is 0 Å². The van der Waals surface area contributed by atoms with E-state index in [1.54, 1.807) is 7.11 Å². The van der Waals surface area contributed by atoms with Crippen LogP contribution in [-0.2, 0) is 13.1 Å². The summed E-state index contributed by atoms with van der Waals surface area (Å²) in [7, 11) is 1.72. The fourth-order valence-corrected chi connectivity index (χ4v) is 3.49. The van der Waals surface area contributed by atoms with E-state index in [-0.39, 0.29) is 11.6 Å². The predicted molar refractivity (Wildman–Crippen MR) is 101 cm³/mol. The minimum Gasteiger partial charge on any atom is -0.496 e. The molecule has 3 rings (SSSR count). The lowest BCUT2D eigenvalue weighted by atomic mass is 10.0. The van der Waals surface area contributed by atoms with Crippen molar-refractivity contribution in [3.63, 3.8) is 0 Å². The summed E-state index contributed by atoms with van der Waals surface area (Å²) >= 11 is 0. The van der Waals surface area contributed by atoms with Crippen LogP contribution in [0.25, 0.3) is 0 Å². The molecule has 134 valence electrons. The molecule has 0 aromatic heterocycles. The Morgan fingerprint density at radius 1 is 1.08 bits per heavy atom. The molecule has 1 heterocycles. The van der Waals surface area contributed by atoms with Gasteiger partial charge >= 0.3 is 0 Å². The number of hydrogen-bond acceptors (Lipinski definition) is 4. The van der Waals surface area contributed by atoms with Crippen molar-refractivity contribution in [3.8, 4) is 11.5 Å². The van der Waals surface area contributed by atoms with E-state index in [0.717, 1.165) is 24.6 Å². The molecule has 4 nitrogen and oxygen atoms in total. The summed E-state index contributed by atoms with van der Waals surface area (Å²) in [5.41, 5.74) is 9.59. The van der Waals surface area contributed by atoms with Gasteiger partial charge < -0.3 is 15.2 Å². The number of benzene rings is 2. The zero-order chi connectivity index (χ0) is 18.0. The third-order valence-corrected chi connectivity index (χ3v) is 4.54. The molecular formula is C21H28N2O2. The zero-order valence-corrected chi connectivity index (χ0v) is 15.6. The molecule has 0 fully saturated rings. The van der Waals surface area contributed by atoms with Gasteiger partial charge in [0.1, 0.15) is 17.1 Å². The Kier molecular flexibility index (Phi) is 5.02. The van der Waals surface area contributed by atoms with Crippen molar-refractivity contribution in [1.29, 1.82) is 0 Å². The van der Waals surface area contributed by atoms with Gasteiger partial charge in [0.2, 0.25) is 0 Å². The van der Waals surface area contributed by atoms with E-state index < -0.39 is 0 Å². The first-order valence-electron chi connectivity index (χ1n) is 8.79. The highest BCUT2D eigenvalue weighted by Crippen LogP contribution is 2.39. The molecule has 0 spiro atoms. The second-order valence-corrected chi connectivity index (χ2v) is 7.51. The summed E-state index contributed by atoms with van der Waals surface area (Å²) in [5, 5.41) is 0. The second-order valence-electron chi connectivity index (χ2n) is 7.51. The Labute approximate surface area is 150 Å². The van der Waals surface area contributed by atoms with E-state index in [2.05, 4.69) is 43.9 Å². The molecule has 1 aliphatic rings. The lowest BCUT2D eigenvalue weighted by molar-refractivity contribution is 0.125. The summed E-state index contributed by atoms with van der Waals surface area (Å²) < 4.78 is 11.7. The molecular weight excluding hydrogens is 312 g/mol. The Morgan fingerprint density at radius 3 is 2.48 bits per heavy atom. The largest absolute Gasteiger partial charge is 0.496 e. The third-order valence-electron chi connectivity index (χ3n) is 4.54. The molecule has 2 aromatic carbocycles. The quantitative estimate of drug-likeness (QED) is 0.897. The van der Waals surface area contributed by atoms with Gasteiger partial charge in [-0.3, -0.25) is 4.90 Å². The van der Waals surface area contributed by atoms with Crippen molar-refractivity contribution >= 4 is 0 Å². The van der Waals surface area contributed by atoms with E-state index in [0.29, 0.717) is 6.54 Å². The van der Waals surface area contributed by atoms with E-state index in [4.69, 9.17) is 15.2 Å². The number of para-hydroxylation sites is 1. The van der Waals surface area contributed by atoms with Crippen molar-refractivity contribution in [1.82, 2.24) is 4.90 Å². The van der Waals surface area contributed by atoms with Gasteiger partial charge in [0.15, 0.2) is 0 Å². The third kappa shape index (κ3) is 3.80. The van der Waals surface area contributed by atoms with Gasteiger partial charge in [0.25, 0.3) is 0 Å². The minimum absolute atomic E-state index is 0.202. The lowest BCUT2D eigenvalue weighted by Crippen LogP contribution is -2.28. The highest BCUT2D eigenvalue weighted by atomic mass is 16.5. The average Bonchev–Trinajstić information content (AvgIpc) is 2.92. The normalized spacial score (nSPS) is 17.4. The van der Waals surface area contributed by atoms with Crippen LogP contribution in [0.2, 0.25) is 0 Å². The first-order valence-corrected chi connectivity index (χ1v) is 8.79. The van der Waals surface area contributed by atoms with Gasteiger partial charge in [-0.1, -0.05) is 30.3 Å². The van der Waals surface area contributed by atoms with Crippen molar-refractivity contribution in [3.05, 3.63) is 59.2 Å². The van der Waals surface area contributed by atoms with E-state index in [1.165, 1.54) is 16.7 Å². The van der Waals surface area contributed by atoms with Crippen molar-refractivity contribution in [2.24, 2.45) is 5.73 Å². The molecule has 1 unspecified atom stereocenters. The summed E-state index contributed by atoms with van der Waals surface area (Å²) in [4.78, 5) is 2.40. The average molecular weight is 340 g/mol. The van der Waals surface area contributed by atoms with Crippen LogP contribution in [0.1, 0.15) is 43.5 Å². The van der Waals surface area contributed by atoms with Crippen LogP contribution in [-0.4, -0.2) is 24.2 Å². The van der Waals surface area contributed by atoms with Crippen LogP contribution < -0.4 is 15.2 Å². The van der Waals surface area contributed by atoms with E-state index in [1.807, 2.05) is 24.3 Å². The molecule has 0 aliphatic carbocycles. The van der Waals surface area contributed by atoms with Gasteiger partial charge in [-0.05, 0) is 38.5 Å². The number of methoxy groups -OCH3 is 1. The zero-order valence-electron chi connectivity index (χ0n) is 15.6. The molecule has 2 N–H and O–H groups in total. The van der Waals surface area contributed by atoms with Crippen LogP contribution in [0.5, 0.6) is 11.5 Å². The first-order chi connectivity index (χ1) is 11.9. The lowest BCUT2D eigenvalue weighted by Gasteiger charge is -2.27. The summed E-state index contributed by atoms with van der Waals surface area (Å²) in [5.74, 6) is 1.88. The maximum atomic E-state index is 6.15. The van der Waals surface area contributed by atoms with Gasteiger partial charge in [-0.25, -0.2) is 0 Å². The molecule has 1 aliphatic heterocycles. The number of ether oxygens (including phenoxy) is 2. The molecule has 0 saturated carbocycles. The molecule has 1 atom stereocenters. The Hall–Kier alpha value is -2.04. The summed E-state index contributed by atoms with van der Waals surface area (Å²) in [6.07, 6.45) is 0. The topological polar surface area (TPSA) is 47.7 Å². The van der Waals surface area contributed by atoms with Crippen molar-refractivity contribution in [2.75, 3.05) is 13.7 Å². The molecule has 0 amide bonds. The number of hydrogen-bond donors (Lipinski definition) is 1. The number of nitrogens with zero attached hydrogens (tertiary/aromatic N) is 1. The fourth-order valence-electron chi connectivity index (χ4n) is 3.49. The van der Waals surface area contributed by atoms with Crippen molar-refractivity contribution in [2.45, 2.75) is 45.5 Å². The summed E-state index contributed by atoms with van der Waals surface area (Å²) in [6.45, 7) is 8.44. The second kappa shape index (κ2) is 7.06. The van der Waals surface area contributed by atoms with Gasteiger partial charge in [-0.2, -0.15) is 0 Å². The van der Waals surface area contributed by atoms with Crippen molar-refractivity contribution < 1.29 is 9.47 Å². The Morgan fingerprint density at radius 2 is 1.80 bits per heavy atom. The predicted octanol–water partition coefficient (Wildman–Crippen LogP) is 3.89. The van der Waals surface area contributed by atoms with Crippen LogP contribution in [0.3, 0.4) is 0 Å². The molecule has 0 bridgehead atoms. The maximum Gasteiger partial charge on any atom is 0.124 e. The van der Waals surface area contributed by atoms with E-state index in [9.17, 15) is 0 Å². The number of rotatable bonds is 5. The number of fused-ring (bicyclic) bond motifs is 1. The summed E-state index contributed by atoms with van der Waals surface area (Å²) in [6, 6.07) is 14.7. The minimum atomic E-state index is -0.222. The highest BCUT2D eigenvalue weighted by molar-refractivity contribution is 5.45. The molecule has 0 saturated heterocycles. The number of nitrogens with two attached hydrogens (primary N) is 1. The first kappa shape index (κ1) is 17.8. The molecule has 25 heavy (non-hydrogen) atoms. The molecule has 0 radical (unpaired) electrons. The van der Waals surface area contributed by atoms with Crippen LogP contribution in [0, 0.1) is 0 Å². The maximum absolute atomic E-state index is 6.15. The molecule has 4 heteroatoms. The molecule has 2 aromatic rings. The Balaban J connectivity index is 1.87. The van der Waals surface area contributed by atoms with Crippen LogP contribution in [0.4, 0.5) is 0 Å². The highest BCUT2D eigenvalue weighted by Gasteiger charge is 2.31. The van der Waals surface area contributed by atoms with Gasteiger partial charge in [0.05, 0.1) is 7.11 Å². The van der Waals surface area contributed by atoms with E-state index >= 15 is 0 Å². The van der Waals surface area contributed by atoms with Gasteiger partial charge in [0, 0.05) is 36.8 Å². The van der Waals surface area contributed by atoms with Gasteiger partial charge in [-0.15, -0.1) is 0 Å². The van der Waals surface area contributed by atoms with Crippen LogP contribution in [0.15, 0.2) is 42.5 Å². The Bertz CT molecular complexity index is 737. The standard InChI is InChI=1S/C21H28N2O2/c1-21(2,3)25-19-10-6-5-8-15(19)13-23-14-17-16(18(23)12-22)9-7-11-20(17)24-4/h5-11,18H,12-14,22H2,1-4H3. The SMILES string of the molecule is COc1cccc2c1CN(Cc1ccccc1OC(C)(C)C)C2CN.